The molecule has 0 aliphatic rings. The number of H-pyrrole nitrogens is 1. The molecule has 3 aromatic heterocycles. The number of rotatable bonds is 6. The monoisotopic (exact) mass is 296 g/mol. The topological polar surface area (TPSA) is 63.6 Å². The molecule has 0 spiro atoms. The second-order valence-corrected chi connectivity index (χ2v) is 5.45. The number of aryl methyl sites for hydroxylation is 1. The first-order valence-electron chi connectivity index (χ1n) is 7.79. The molecule has 0 amide bonds. The van der Waals surface area contributed by atoms with E-state index in [0.717, 1.165) is 35.3 Å². The van der Waals surface area contributed by atoms with E-state index in [0.29, 0.717) is 6.54 Å². The minimum Gasteiger partial charge on any atom is -0.304 e. The molecule has 0 radical (unpaired) electrons. The van der Waals surface area contributed by atoms with Gasteiger partial charge in [0.2, 0.25) is 0 Å². The third-order valence-corrected chi connectivity index (χ3v) is 3.83. The van der Waals surface area contributed by atoms with Gasteiger partial charge in [0, 0.05) is 24.5 Å². The van der Waals surface area contributed by atoms with Gasteiger partial charge in [-0.05, 0) is 30.7 Å². The van der Waals surface area contributed by atoms with E-state index in [1.165, 1.54) is 12.8 Å². The van der Waals surface area contributed by atoms with Gasteiger partial charge >= 0.3 is 5.69 Å². The van der Waals surface area contributed by atoms with E-state index in [4.69, 9.17) is 0 Å². The third kappa shape index (κ3) is 2.93. The lowest BCUT2D eigenvalue weighted by Gasteiger charge is -2.04. The van der Waals surface area contributed by atoms with Gasteiger partial charge in [-0.15, -0.1) is 0 Å². The van der Waals surface area contributed by atoms with Crippen molar-refractivity contribution in [3.05, 3.63) is 47.1 Å². The van der Waals surface area contributed by atoms with Crippen LogP contribution in [0.25, 0.3) is 22.4 Å². The number of aromatic amines is 1. The molecule has 0 fully saturated rings. The Hall–Kier alpha value is -2.43. The predicted octanol–water partition coefficient (Wildman–Crippen LogP) is 3.37. The van der Waals surface area contributed by atoms with E-state index in [1.807, 2.05) is 24.3 Å². The van der Waals surface area contributed by atoms with Gasteiger partial charge in [-0.25, -0.2) is 9.78 Å². The van der Waals surface area contributed by atoms with Gasteiger partial charge in [0.25, 0.3) is 0 Å². The zero-order chi connectivity index (χ0) is 15.4. The van der Waals surface area contributed by atoms with E-state index < -0.39 is 0 Å². The fourth-order valence-electron chi connectivity index (χ4n) is 2.62. The van der Waals surface area contributed by atoms with Gasteiger partial charge in [-0.1, -0.05) is 26.2 Å². The van der Waals surface area contributed by atoms with Crippen molar-refractivity contribution in [3.8, 4) is 11.3 Å². The minimum absolute atomic E-state index is 0.0779. The Kier molecular flexibility index (Phi) is 4.32. The normalized spacial score (nSPS) is 11.1. The highest BCUT2D eigenvalue weighted by Gasteiger charge is 2.09. The highest BCUT2D eigenvalue weighted by Crippen LogP contribution is 2.19. The van der Waals surface area contributed by atoms with E-state index >= 15 is 0 Å². The number of imidazole rings is 1. The summed E-state index contributed by atoms with van der Waals surface area (Å²) >= 11 is 0. The summed E-state index contributed by atoms with van der Waals surface area (Å²) in [4.78, 5) is 23.7. The molecule has 0 aromatic carbocycles. The minimum atomic E-state index is -0.0779. The van der Waals surface area contributed by atoms with Gasteiger partial charge < -0.3 is 4.98 Å². The van der Waals surface area contributed by atoms with Crippen LogP contribution in [0.2, 0.25) is 0 Å². The molecule has 114 valence electrons. The molecule has 5 heteroatoms. The molecular weight excluding hydrogens is 276 g/mol. The predicted molar refractivity (Wildman–Crippen MR) is 87.7 cm³/mol. The van der Waals surface area contributed by atoms with Crippen LogP contribution in [0, 0.1) is 0 Å². The second kappa shape index (κ2) is 6.56. The molecular formula is C17H20N4O. The quantitative estimate of drug-likeness (QED) is 0.709. The van der Waals surface area contributed by atoms with Crippen LogP contribution in [0.5, 0.6) is 0 Å². The molecule has 0 aliphatic heterocycles. The van der Waals surface area contributed by atoms with Crippen molar-refractivity contribution in [1.82, 2.24) is 19.5 Å². The van der Waals surface area contributed by atoms with Gasteiger partial charge in [0.15, 0.2) is 5.65 Å². The number of aromatic nitrogens is 4. The fourth-order valence-corrected chi connectivity index (χ4v) is 2.62. The molecule has 0 atom stereocenters. The Morgan fingerprint density at radius 3 is 2.68 bits per heavy atom. The molecule has 3 aromatic rings. The van der Waals surface area contributed by atoms with Crippen molar-refractivity contribution < 1.29 is 0 Å². The van der Waals surface area contributed by atoms with E-state index in [1.54, 1.807) is 17.0 Å². The SMILES string of the molecule is CCCCCCn1c(=O)[nH]c2ccc(-c3ccncc3)nc21. The van der Waals surface area contributed by atoms with Gasteiger partial charge in [-0.2, -0.15) is 0 Å². The van der Waals surface area contributed by atoms with Crippen molar-refractivity contribution in [3.63, 3.8) is 0 Å². The van der Waals surface area contributed by atoms with E-state index in [9.17, 15) is 4.79 Å². The largest absolute Gasteiger partial charge is 0.327 e. The maximum absolute atomic E-state index is 12.1. The molecule has 0 aliphatic carbocycles. The van der Waals surface area contributed by atoms with Crippen LogP contribution in [0.4, 0.5) is 0 Å². The van der Waals surface area contributed by atoms with Crippen LogP contribution in [-0.4, -0.2) is 19.5 Å². The lowest BCUT2D eigenvalue weighted by atomic mass is 10.2. The smallest absolute Gasteiger partial charge is 0.304 e. The van der Waals surface area contributed by atoms with Crippen molar-refractivity contribution >= 4 is 11.2 Å². The molecule has 22 heavy (non-hydrogen) atoms. The lowest BCUT2D eigenvalue weighted by molar-refractivity contribution is 0.579. The Morgan fingerprint density at radius 1 is 1.09 bits per heavy atom. The molecule has 1 N–H and O–H groups in total. The van der Waals surface area contributed by atoms with Gasteiger partial charge in [0.1, 0.15) is 0 Å². The number of hydrogen-bond acceptors (Lipinski definition) is 3. The molecule has 0 bridgehead atoms. The van der Waals surface area contributed by atoms with Crippen LogP contribution in [0.3, 0.4) is 0 Å². The van der Waals surface area contributed by atoms with Crippen molar-refractivity contribution in [2.24, 2.45) is 0 Å². The molecule has 3 heterocycles. The number of nitrogens with one attached hydrogen (secondary N) is 1. The first kappa shape index (κ1) is 14.5. The molecule has 3 rings (SSSR count). The van der Waals surface area contributed by atoms with E-state index in [-0.39, 0.29) is 5.69 Å². The summed E-state index contributed by atoms with van der Waals surface area (Å²) in [5, 5.41) is 0. The Balaban J connectivity index is 1.94. The number of unbranched alkanes of at least 4 members (excludes halogenated alkanes) is 3. The van der Waals surface area contributed by atoms with E-state index in [2.05, 4.69) is 21.9 Å². The summed E-state index contributed by atoms with van der Waals surface area (Å²) in [7, 11) is 0. The molecule has 0 unspecified atom stereocenters. The summed E-state index contributed by atoms with van der Waals surface area (Å²) in [5.41, 5.74) is 3.30. The van der Waals surface area contributed by atoms with Crippen LogP contribution < -0.4 is 5.69 Å². The molecule has 0 saturated carbocycles. The first-order valence-corrected chi connectivity index (χ1v) is 7.79. The Morgan fingerprint density at radius 2 is 1.91 bits per heavy atom. The number of pyridine rings is 2. The lowest BCUT2D eigenvalue weighted by Crippen LogP contribution is -2.17. The average molecular weight is 296 g/mol. The summed E-state index contributed by atoms with van der Waals surface area (Å²) < 4.78 is 1.75. The van der Waals surface area contributed by atoms with Crippen LogP contribution >= 0.6 is 0 Å². The summed E-state index contributed by atoms with van der Waals surface area (Å²) in [6.45, 7) is 2.89. The maximum atomic E-state index is 12.1. The van der Waals surface area contributed by atoms with Crippen LogP contribution in [-0.2, 0) is 6.54 Å². The van der Waals surface area contributed by atoms with Gasteiger partial charge in [0.05, 0.1) is 11.2 Å². The van der Waals surface area contributed by atoms with Crippen LogP contribution in [0.1, 0.15) is 32.6 Å². The molecule has 0 saturated heterocycles. The zero-order valence-corrected chi connectivity index (χ0v) is 12.7. The van der Waals surface area contributed by atoms with Crippen molar-refractivity contribution in [2.75, 3.05) is 0 Å². The number of nitrogens with zero attached hydrogens (tertiary/aromatic N) is 3. The molecule has 5 nitrogen and oxygen atoms in total. The Bertz CT molecular complexity index is 804. The first-order chi connectivity index (χ1) is 10.8. The highest BCUT2D eigenvalue weighted by molar-refractivity contribution is 5.75. The second-order valence-electron chi connectivity index (χ2n) is 5.45. The summed E-state index contributed by atoms with van der Waals surface area (Å²) in [5.74, 6) is 0. The summed E-state index contributed by atoms with van der Waals surface area (Å²) in [6.07, 6.45) is 8.02. The fraction of sp³-hybridized carbons (Fsp3) is 0.353. The Labute approximate surface area is 129 Å². The van der Waals surface area contributed by atoms with Crippen LogP contribution in [0.15, 0.2) is 41.5 Å². The third-order valence-electron chi connectivity index (χ3n) is 3.83. The van der Waals surface area contributed by atoms with Gasteiger partial charge in [-0.3, -0.25) is 9.55 Å². The maximum Gasteiger partial charge on any atom is 0.327 e. The standard InChI is InChI=1S/C17H20N4O/c1-2-3-4-5-12-21-16-15(20-17(21)22)7-6-14(19-16)13-8-10-18-11-9-13/h6-11H,2-5,12H2,1H3,(H,20,22). The highest BCUT2D eigenvalue weighted by atomic mass is 16.1. The van der Waals surface area contributed by atoms with Crippen molar-refractivity contribution in [1.29, 1.82) is 0 Å². The average Bonchev–Trinajstić information content (AvgIpc) is 2.87. The van der Waals surface area contributed by atoms with Crippen molar-refractivity contribution in [2.45, 2.75) is 39.2 Å². The summed E-state index contributed by atoms with van der Waals surface area (Å²) in [6, 6.07) is 7.69. The number of fused-ring (bicyclic) bond motifs is 1. The number of hydrogen-bond donors (Lipinski definition) is 1. The zero-order valence-electron chi connectivity index (χ0n) is 12.7.